The molecule has 1 rings (SSSR count). The first-order chi connectivity index (χ1) is 8.41. The van der Waals surface area contributed by atoms with Gasteiger partial charge in [0.2, 0.25) is 0 Å². The molecule has 0 amide bonds. The van der Waals surface area contributed by atoms with E-state index >= 15 is 0 Å². The summed E-state index contributed by atoms with van der Waals surface area (Å²) in [7, 11) is 0. The highest BCUT2D eigenvalue weighted by molar-refractivity contribution is 6.43. The number of hydrogen-bond acceptors (Lipinski definition) is 3. The standard InChI is InChI=1S/C13H17Cl2NO2/c1-8(2)4-3-5-18-13(17)9-6-10(14)12(15)11(16)7-9/h6-8H,3-5,16H2,1-2H3. The van der Waals surface area contributed by atoms with Gasteiger partial charge in [0, 0.05) is 0 Å². The second-order valence-corrected chi connectivity index (χ2v) is 5.32. The molecule has 0 aliphatic carbocycles. The zero-order valence-corrected chi connectivity index (χ0v) is 12.0. The van der Waals surface area contributed by atoms with Gasteiger partial charge in [-0.1, -0.05) is 37.0 Å². The molecule has 2 N–H and O–H groups in total. The molecule has 0 fully saturated rings. The molecule has 0 aromatic heterocycles. The fraction of sp³-hybridized carbons (Fsp3) is 0.462. The van der Waals surface area contributed by atoms with Gasteiger partial charge in [0.05, 0.1) is 27.9 Å². The van der Waals surface area contributed by atoms with Crippen LogP contribution in [0.4, 0.5) is 5.69 Å². The van der Waals surface area contributed by atoms with Crippen LogP contribution in [-0.4, -0.2) is 12.6 Å². The fourth-order valence-corrected chi connectivity index (χ4v) is 1.80. The number of carbonyl (C=O) groups excluding carboxylic acids is 1. The molecule has 0 bridgehead atoms. The van der Waals surface area contributed by atoms with E-state index in [-0.39, 0.29) is 15.7 Å². The molecule has 0 heterocycles. The normalized spacial score (nSPS) is 10.7. The molecule has 0 aliphatic rings. The van der Waals surface area contributed by atoms with Crippen molar-refractivity contribution in [2.75, 3.05) is 12.3 Å². The topological polar surface area (TPSA) is 52.3 Å². The smallest absolute Gasteiger partial charge is 0.338 e. The van der Waals surface area contributed by atoms with Gasteiger partial charge in [-0.15, -0.1) is 0 Å². The van der Waals surface area contributed by atoms with E-state index in [9.17, 15) is 4.79 Å². The van der Waals surface area contributed by atoms with E-state index < -0.39 is 5.97 Å². The summed E-state index contributed by atoms with van der Waals surface area (Å²) >= 11 is 11.7. The number of ether oxygens (including phenoxy) is 1. The molecular weight excluding hydrogens is 273 g/mol. The van der Waals surface area contributed by atoms with Crippen molar-refractivity contribution >= 4 is 34.9 Å². The highest BCUT2D eigenvalue weighted by Crippen LogP contribution is 2.29. The molecular formula is C13H17Cl2NO2. The fourth-order valence-electron chi connectivity index (χ4n) is 1.47. The third-order valence-corrected chi connectivity index (χ3v) is 3.27. The maximum Gasteiger partial charge on any atom is 0.338 e. The lowest BCUT2D eigenvalue weighted by Gasteiger charge is -2.08. The largest absolute Gasteiger partial charge is 0.462 e. The van der Waals surface area contributed by atoms with Crippen LogP contribution in [0.2, 0.25) is 10.0 Å². The molecule has 0 saturated carbocycles. The Morgan fingerprint density at radius 2 is 2.06 bits per heavy atom. The lowest BCUT2D eigenvalue weighted by molar-refractivity contribution is 0.0495. The van der Waals surface area contributed by atoms with Gasteiger partial charge < -0.3 is 10.5 Å². The van der Waals surface area contributed by atoms with Gasteiger partial charge in [0.25, 0.3) is 0 Å². The van der Waals surface area contributed by atoms with E-state index in [4.69, 9.17) is 33.7 Å². The van der Waals surface area contributed by atoms with E-state index in [1.807, 2.05) is 0 Å². The van der Waals surface area contributed by atoms with E-state index in [0.717, 1.165) is 12.8 Å². The van der Waals surface area contributed by atoms with Crippen molar-refractivity contribution in [2.45, 2.75) is 26.7 Å². The minimum absolute atomic E-state index is 0.255. The summed E-state index contributed by atoms with van der Waals surface area (Å²) in [4.78, 5) is 11.7. The van der Waals surface area contributed by atoms with Crippen LogP contribution < -0.4 is 5.73 Å². The molecule has 0 aliphatic heterocycles. The average molecular weight is 290 g/mol. The van der Waals surface area contributed by atoms with Crippen LogP contribution in [0.25, 0.3) is 0 Å². The van der Waals surface area contributed by atoms with Gasteiger partial charge in [0.15, 0.2) is 0 Å². The summed E-state index contributed by atoms with van der Waals surface area (Å²) in [5, 5.41) is 0.513. The van der Waals surface area contributed by atoms with Crippen LogP contribution in [0.1, 0.15) is 37.0 Å². The number of nitrogens with two attached hydrogens (primary N) is 1. The summed E-state index contributed by atoms with van der Waals surface area (Å²) in [5.74, 6) is 0.174. The summed E-state index contributed by atoms with van der Waals surface area (Å²) in [6.45, 7) is 4.65. The van der Waals surface area contributed by atoms with Crippen LogP contribution >= 0.6 is 23.2 Å². The molecule has 0 saturated heterocycles. The first kappa shape index (κ1) is 15.1. The Hall–Kier alpha value is -0.930. The van der Waals surface area contributed by atoms with Crippen molar-refractivity contribution in [3.63, 3.8) is 0 Å². The quantitative estimate of drug-likeness (QED) is 0.503. The third-order valence-electron chi connectivity index (χ3n) is 2.45. The summed E-state index contributed by atoms with van der Waals surface area (Å²) in [6, 6.07) is 2.93. The molecule has 18 heavy (non-hydrogen) atoms. The second kappa shape index (κ2) is 6.86. The lowest BCUT2D eigenvalue weighted by atomic mass is 10.1. The van der Waals surface area contributed by atoms with E-state index in [2.05, 4.69) is 13.8 Å². The van der Waals surface area contributed by atoms with Gasteiger partial charge in [-0.25, -0.2) is 4.79 Å². The monoisotopic (exact) mass is 289 g/mol. The zero-order chi connectivity index (χ0) is 13.7. The Morgan fingerprint density at radius 1 is 1.39 bits per heavy atom. The van der Waals surface area contributed by atoms with Crippen LogP contribution in [0.3, 0.4) is 0 Å². The molecule has 1 aromatic carbocycles. The summed E-state index contributed by atoms with van der Waals surface area (Å²) in [5.41, 5.74) is 6.23. The van der Waals surface area contributed by atoms with Crippen LogP contribution in [0, 0.1) is 5.92 Å². The number of esters is 1. The minimum Gasteiger partial charge on any atom is -0.462 e. The maximum absolute atomic E-state index is 11.7. The van der Waals surface area contributed by atoms with E-state index in [1.165, 1.54) is 12.1 Å². The molecule has 3 nitrogen and oxygen atoms in total. The number of carbonyl (C=O) groups is 1. The second-order valence-electron chi connectivity index (χ2n) is 4.53. The van der Waals surface area contributed by atoms with Gasteiger partial charge in [0.1, 0.15) is 0 Å². The molecule has 0 spiro atoms. The maximum atomic E-state index is 11.7. The van der Waals surface area contributed by atoms with Gasteiger partial charge in [-0.3, -0.25) is 0 Å². The Morgan fingerprint density at radius 3 is 2.61 bits per heavy atom. The number of hydrogen-bond donors (Lipinski definition) is 1. The van der Waals surface area contributed by atoms with E-state index in [1.54, 1.807) is 0 Å². The van der Waals surface area contributed by atoms with Crippen LogP contribution in [-0.2, 0) is 4.74 Å². The predicted octanol–water partition coefficient (Wildman–Crippen LogP) is 4.17. The minimum atomic E-state index is -0.427. The number of benzene rings is 1. The van der Waals surface area contributed by atoms with Crippen molar-refractivity contribution in [3.05, 3.63) is 27.7 Å². The lowest BCUT2D eigenvalue weighted by Crippen LogP contribution is -2.08. The first-order valence-electron chi connectivity index (χ1n) is 5.83. The number of anilines is 1. The van der Waals surface area contributed by atoms with Crippen LogP contribution in [0.15, 0.2) is 12.1 Å². The number of nitrogen functional groups attached to an aromatic ring is 1. The highest BCUT2D eigenvalue weighted by atomic mass is 35.5. The molecule has 0 unspecified atom stereocenters. The van der Waals surface area contributed by atoms with Gasteiger partial charge in [-0.2, -0.15) is 0 Å². The summed E-state index contributed by atoms with van der Waals surface area (Å²) < 4.78 is 5.13. The van der Waals surface area contributed by atoms with Gasteiger partial charge >= 0.3 is 5.97 Å². The SMILES string of the molecule is CC(C)CCCOC(=O)c1cc(N)c(Cl)c(Cl)c1. The zero-order valence-electron chi connectivity index (χ0n) is 10.5. The summed E-state index contributed by atoms with van der Waals surface area (Å²) in [6.07, 6.45) is 1.87. The Labute approximate surface area is 117 Å². The average Bonchev–Trinajstić information content (AvgIpc) is 2.30. The van der Waals surface area contributed by atoms with Crippen molar-refractivity contribution < 1.29 is 9.53 Å². The van der Waals surface area contributed by atoms with Crippen molar-refractivity contribution in [2.24, 2.45) is 5.92 Å². The first-order valence-corrected chi connectivity index (χ1v) is 6.59. The Bertz CT molecular complexity index is 410. The molecule has 1 aromatic rings. The van der Waals surface area contributed by atoms with E-state index in [0.29, 0.717) is 18.1 Å². The van der Waals surface area contributed by atoms with Crippen molar-refractivity contribution in [1.82, 2.24) is 0 Å². The number of rotatable bonds is 5. The van der Waals surface area contributed by atoms with Gasteiger partial charge in [-0.05, 0) is 30.9 Å². The predicted molar refractivity (Wildman–Crippen MR) is 75.2 cm³/mol. The Balaban J connectivity index is 2.57. The van der Waals surface area contributed by atoms with Crippen LogP contribution in [0.5, 0.6) is 0 Å². The third kappa shape index (κ3) is 4.39. The van der Waals surface area contributed by atoms with Crippen molar-refractivity contribution in [3.8, 4) is 0 Å². The highest BCUT2D eigenvalue weighted by Gasteiger charge is 2.12. The van der Waals surface area contributed by atoms with Crippen molar-refractivity contribution in [1.29, 1.82) is 0 Å². The molecule has 100 valence electrons. The molecule has 0 radical (unpaired) electrons. The number of halogens is 2. The molecule has 0 atom stereocenters. The molecule has 5 heteroatoms. The Kier molecular flexibility index (Phi) is 5.76.